The zero-order valence-corrected chi connectivity index (χ0v) is 8.53. The molecule has 0 saturated carbocycles. The van der Waals surface area contributed by atoms with E-state index in [2.05, 4.69) is 4.98 Å². The molecular formula is C8H11NO3S. The number of aromatic amines is 1. The Bertz CT molecular complexity index is 477. The maximum atomic E-state index is 10.7. The normalized spacial score (nSPS) is 9.77. The van der Waals surface area contributed by atoms with Gasteiger partial charge in [0.15, 0.2) is 4.64 Å². The average Bonchev–Trinajstić information content (AvgIpc) is 2.04. The lowest BCUT2D eigenvalue weighted by Gasteiger charge is -2.06. The van der Waals surface area contributed by atoms with Gasteiger partial charge >= 0.3 is 0 Å². The van der Waals surface area contributed by atoms with E-state index in [4.69, 9.17) is 4.74 Å². The van der Waals surface area contributed by atoms with Gasteiger partial charge in [-0.15, -0.1) is 0 Å². The van der Waals surface area contributed by atoms with Crippen LogP contribution in [0.15, 0.2) is 6.20 Å². The lowest BCUT2D eigenvalue weighted by molar-refractivity contribution is 0.407. The van der Waals surface area contributed by atoms with Crippen LogP contribution in [-0.4, -0.2) is 20.5 Å². The number of pyridine rings is 1. The van der Waals surface area contributed by atoms with Gasteiger partial charge in [-0.2, -0.15) is 8.42 Å². The monoisotopic (exact) mass is 201 g/mol. The van der Waals surface area contributed by atoms with Crippen molar-refractivity contribution in [3.8, 4) is 5.75 Å². The molecule has 1 aromatic heterocycles. The summed E-state index contributed by atoms with van der Waals surface area (Å²) in [4.78, 5) is 2.69. The van der Waals surface area contributed by atoms with Crippen molar-refractivity contribution in [3.05, 3.63) is 22.0 Å². The second-order valence-electron chi connectivity index (χ2n) is 2.69. The van der Waals surface area contributed by atoms with E-state index in [1.807, 2.05) is 6.92 Å². The molecular weight excluding hydrogens is 190 g/mol. The van der Waals surface area contributed by atoms with Gasteiger partial charge in [0.2, 0.25) is 10.3 Å². The van der Waals surface area contributed by atoms with Gasteiger partial charge in [0.05, 0.1) is 7.11 Å². The Morgan fingerprint density at radius 2 is 2.00 bits per heavy atom. The number of H-pyrrole nitrogens is 1. The number of hydrogen-bond donors (Lipinski definition) is 1. The maximum Gasteiger partial charge on any atom is 0.238 e. The van der Waals surface area contributed by atoms with Gasteiger partial charge < -0.3 is 9.72 Å². The number of aromatic nitrogens is 1. The molecule has 13 heavy (non-hydrogen) atoms. The first-order valence-electron chi connectivity index (χ1n) is 3.73. The molecule has 0 saturated heterocycles. The predicted molar refractivity (Wildman–Crippen MR) is 49.0 cm³/mol. The standard InChI is InChI=1S/C8H11NO3S/c1-5-4-9-8(13(10)11)6(2)7(5)12-3/h4,9H,1-3H3. The maximum absolute atomic E-state index is 10.7. The quantitative estimate of drug-likeness (QED) is 0.691. The van der Waals surface area contributed by atoms with Crippen LogP contribution in [0.5, 0.6) is 5.75 Å². The highest BCUT2D eigenvalue weighted by Gasteiger charge is 2.04. The highest BCUT2D eigenvalue weighted by atomic mass is 32.2. The summed E-state index contributed by atoms with van der Waals surface area (Å²) < 4.78 is 26.7. The van der Waals surface area contributed by atoms with Gasteiger partial charge in [-0.1, -0.05) is 0 Å². The summed E-state index contributed by atoms with van der Waals surface area (Å²) in [6.07, 6.45) is 1.61. The molecule has 1 N–H and O–H groups in total. The molecule has 0 aromatic carbocycles. The van der Waals surface area contributed by atoms with Crippen molar-refractivity contribution in [2.24, 2.45) is 0 Å². The van der Waals surface area contributed by atoms with E-state index < -0.39 is 10.3 Å². The smallest absolute Gasteiger partial charge is 0.238 e. The minimum atomic E-state index is -2.25. The van der Waals surface area contributed by atoms with Crippen molar-refractivity contribution < 1.29 is 13.2 Å². The fourth-order valence-electron chi connectivity index (χ4n) is 1.23. The van der Waals surface area contributed by atoms with Crippen LogP contribution < -0.4 is 4.74 Å². The number of rotatable bonds is 1. The van der Waals surface area contributed by atoms with Crippen LogP contribution in [0.3, 0.4) is 0 Å². The highest BCUT2D eigenvalue weighted by molar-refractivity contribution is 7.63. The molecule has 0 bridgehead atoms. The Morgan fingerprint density at radius 1 is 1.38 bits per heavy atom. The Labute approximate surface area is 77.7 Å². The summed E-state index contributed by atoms with van der Waals surface area (Å²) in [5.41, 5.74) is 1.49. The van der Waals surface area contributed by atoms with Crippen LogP contribution in [0, 0.1) is 18.5 Å². The molecule has 72 valence electrons. The molecule has 0 fully saturated rings. The molecule has 0 aliphatic heterocycles. The first kappa shape index (κ1) is 9.85. The van der Waals surface area contributed by atoms with E-state index in [-0.39, 0.29) is 4.64 Å². The van der Waals surface area contributed by atoms with Gasteiger partial charge in [0.25, 0.3) is 0 Å². The van der Waals surface area contributed by atoms with Crippen molar-refractivity contribution >= 4 is 10.3 Å². The minimum Gasteiger partial charge on any atom is -0.496 e. The van der Waals surface area contributed by atoms with E-state index in [0.717, 1.165) is 5.56 Å². The van der Waals surface area contributed by atoms with Crippen molar-refractivity contribution in [2.75, 3.05) is 7.11 Å². The third-order valence-electron chi connectivity index (χ3n) is 1.83. The van der Waals surface area contributed by atoms with E-state index in [1.165, 1.54) is 7.11 Å². The molecule has 1 rings (SSSR count). The molecule has 0 aliphatic rings. The molecule has 0 spiro atoms. The van der Waals surface area contributed by atoms with Gasteiger partial charge in [0.1, 0.15) is 5.75 Å². The van der Waals surface area contributed by atoms with Crippen LogP contribution in [0.25, 0.3) is 0 Å². The van der Waals surface area contributed by atoms with E-state index >= 15 is 0 Å². The largest absolute Gasteiger partial charge is 0.496 e. The van der Waals surface area contributed by atoms with Crippen LogP contribution in [0.2, 0.25) is 0 Å². The van der Waals surface area contributed by atoms with E-state index in [9.17, 15) is 8.42 Å². The van der Waals surface area contributed by atoms with Crippen molar-refractivity contribution in [3.63, 3.8) is 0 Å². The van der Waals surface area contributed by atoms with Crippen LogP contribution in [0.1, 0.15) is 11.1 Å². The number of nitrogens with one attached hydrogen (secondary N) is 1. The Hall–Kier alpha value is -1.23. The Balaban J connectivity index is 3.76. The van der Waals surface area contributed by atoms with Crippen molar-refractivity contribution in [1.29, 1.82) is 0 Å². The number of methoxy groups -OCH3 is 1. The van der Waals surface area contributed by atoms with Gasteiger partial charge in [-0.05, 0) is 13.8 Å². The fraction of sp³-hybridized carbons (Fsp3) is 0.375. The third-order valence-corrected chi connectivity index (χ3v) is 2.59. The van der Waals surface area contributed by atoms with Gasteiger partial charge in [-0.3, -0.25) is 0 Å². The number of hydrogen-bond acceptors (Lipinski definition) is 3. The molecule has 0 atom stereocenters. The Morgan fingerprint density at radius 3 is 2.46 bits per heavy atom. The first-order chi connectivity index (χ1) is 6.07. The Kier molecular flexibility index (Phi) is 2.77. The molecule has 1 heterocycles. The average molecular weight is 201 g/mol. The number of ether oxygens (including phenoxy) is 1. The molecule has 5 heteroatoms. The van der Waals surface area contributed by atoms with Crippen LogP contribution >= 0.6 is 0 Å². The lowest BCUT2D eigenvalue weighted by atomic mass is 10.2. The van der Waals surface area contributed by atoms with Crippen LogP contribution in [-0.2, 0) is 10.3 Å². The molecule has 0 aliphatic carbocycles. The zero-order valence-electron chi connectivity index (χ0n) is 7.71. The second kappa shape index (κ2) is 3.66. The van der Waals surface area contributed by atoms with Gasteiger partial charge in [0, 0.05) is 17.3 Å². The minimum absolute atomic E-state index is 0.169. The van der Waals surface area contributed by atoms with Crippen molar-refractivity contribution in [1.82, 2.24) is 4.98 Å². The zero-order chi connectivity index (χ0) is 10.0. The summed E-state index contributed by atoms with van der Waals surface area (Å²) in [5.74, 6) is 0.609. The fourth-order valence-corrected chi connectivity index (χ4v) is 1.73. The summed E-state index contributed by atoms with van der Waals surface area (Å²) >= 11 is 0. The summed E-state index contributed by atoms with van der Waals surface area (Å²) in [6.45, 7) is 3.55. The molecule has 0 amide bonds. The lowest BCUT2D eigenvalue weighted by Crippen LogP contribution is -1.94. The van der Waals surface area contributed by atoms with Gasteiger partial charge in [-0.25, -0.2) is 0 Å². The first-order valence-corrected chi connectivity index (χ1v) is 4.80. The summed E-state index contributed by atoms with van der Waals surface area (Å²) in [6, 6.07) is 0. The van der Waals surface area contributed by atoms with Crippen molar-refractivity contribution in [2.45, 2.75) is 13.8 Å². The SMILES string of the molecule is COc1c(C)c[nH]c(=S(=O)=O)c1C. The predicted octanol–water partition coefficient (Wildman–Crippen LogP) is 1.05. The van der Waals surface area contributed by atoms with E-state index in [0.29, 0.717) is 11.3 Å². The summed E-state index contributed by atoms with van der Waals surface area (Å²) in [7, 11) is -0.726. The topological polar surface area (TPSA) is 59.2 Å². The molecule has 1 aromatic rings. The van der Waals surface area contributed by atoms with Crippen LogP contribution in [0.4, 0.5) is 0 Å². The third kappa shape index (κ3) is 1.75. The molecule has 0 unspecified atom stereocenters. The second-order valence-corrected chi connectivity index (χ2v) is 3.57. The molecule has 0 radical (unpaired) electrons. The highest BCUT2D eigenvalue weighted by Crippen LogP contribution is 2.20. The number of aryl methyl sites for hydroxylation is 1. The summed E-state index contributed by atoms with van der Waals surface area (Å²) in [5, 5.41) is 0. The van der Waals surface area contributed by atoms with E-state index in [1.54, 1.807) is 13.1 Å². The molecule has 4 nitrogen and oxygen atoms in total.